The van der Waals surface area contributed by atoms with Crippen molar-refractivity contribution < 1.29 is 17.6 Å². The maximum Gasteiger partial charge on any atom is 0.234 e. The van der Waals surface area contributed by atoms with Crippen LogP contribution in [-0.2, 0) is 14.6 Å². The predicted octanol–water partition coefficient (Wildman–Crippen LogP) is 3.51. The van der Waals surface area contributed by atoms with Gasteiger partial charge in [0.1, 0.15) is 22.5 Å². The summed E-state index contributed by atoms with van der Waals surface area (Å²) < 4.78 is 29.6. The maximum absolute atomic E-state index is 12.4. The van der Waals surface area contributed by atoms with Crippen molar-refractivity contribution in [2.24, 2.45) is 0 Å². The molecule has 142 valence electrons. The van der Waals surface area contributed by atoms with Crippen LogP contribution in [-0.4, -0.2) is 36.3 Å². The van der Waals surface area contributed by atoms with E-state index in [1.807, 2.05) is 24.3 Å². The molecule has 7 nitrogen and oxygen atoms in total. The molecule has 0 radical (unpaired) electrons. The summed E-state index contributed by atoms with van der Waals surface area (Å²) in [6, 6.07) is 13.8. The van der Waals surface area contributed by atoms with Crippen molar-refractivity contribution in [1.29, 1.82) is 0 Å². The number of amides is 1. The fourth-order valence-corrected chi connectivity index (χ4v) is 4.39. The van der Waals surface area contributed by atoms with Crippen LogP contribution in [0.15, 0.2) is 69.2 Å². The lowest BCUT2D eigenvalue weighted by molar-refractivity contribution is -0.113. The minimum Gasteiger partial charge on any atom is -0.451 e. The lowest BCUT2D eigenvalue weighted by atomic mass is 10.2. The Kier molecular flexibility index (Phi) is 4.78. The smallest absolute Gasteiger partial charge is 0.234 e. The average Bonchev–Trinajstić information content (AvgIpc) is 3.05. The van der Waals surface area contributed by atoms with Gasteiger partial charge in [-0.2, -0.15) is 0 Å². The second-order valence-electron chi connectivity index (χ2n) is 6.06. The van der Waals surface area contributed by atoms with E-state index in [1.54, 1.807) is 18.2 Å². The van der Waals surface area contributed by atoms with Crippen molar-refractivity contribution in [3.05, 3.63) is 54.9 Å². The minimum absolute atomic E-state index is 0.0429. The number of aromatic nitrogens is 2. The standard InChI is InChI=1S/C19H15N3O4S2/c1-28(24,25)15-9-5-3-7-13(15)22-16(23)10-27-19-18-17(20-11-21-19)12-6-2-4-8-14(12)26-18/h2-9,11H,10H2,1H3,(H,22,23). The van der Waals surface area contributed by atoms with Crippen LogP contribution >= 0.6 is 11.8 Å². The number of anilines is 1. The van der Waals surface area contributed by atoms with Gasteiger partial charge < -0.3 is 9.73 Å². The first-order chi connectivity index (χ1) is 13.4. The molecule has 2 aromatic carbocycles. The van der Waals surface area contributed by atoms with Gasteiger partial charge in [0.15, 0.2) is 15.4 Å². The molecular formula is C19H15N3O4S2. The van der Waals surface area contributed by atoms with Crippen LogP contribution in [0.3, 0.4) is 0 Å². The number of sulfone groups is 1. The molecule has 0 fully saturated rings. The molecular weight excluding hydrogens is 398 g/mol. The van der Waals surface area contributed by atoms with E-state index in [-0.39, 0.29) is 22.2 Å². The van der Waals surface area contributed by atoms with Gasteiger partial charge in [-0.15, -0.1) is 0 Å². The van der Waals surface area contributed by atoms with E-state index in [9.17, 15) is 13.2 Å². The third kappa shape index (κ3) is 3.58. The Labute approximate surface area is 165 Å². The number of thioether (sulfide) groups is 1. The van der Waals surface area contributed by atoms with Crippen LogP contribution in [0.5, 0.6) is 0 Å². The summed E-state index contributed by atoms with van der Waals surface area (Å²) in [7, 11) is -3.45. The van der Waals surface area contributed by atoms with Gasteiger partial charge >= 0.3 is 0 Å². The van der Waals surface area contributed by atoms with Gasteiger partial charge in [0.25, 0.3) is 0 Å². The highest BCUT2D eigenvalue weighted by Gasteiger charge is 2.17. The SMILES string of the molecule is CS(=O)(=O)c1ccccc1NC(=O)CSc1ncnc2c1oc1ccccc12. The molecule has 0 spiro atoms. The Morgan fingerprint density at radius 3 is 2.68 bits per heavy atom. The lowest BCUT2D eigenvalue weighted by Crippen LogP contribution is -2.16. The number of nitrogens with one attached hydrogen (secondary N) is 1. The van der Waals surface area contributed by atoms with E-state index in [1.165, 1.54) is 24.2 Å². The summed E-state index contributed by atoms with van der Waals surface area (Å²) in [6.07, 6.45) is 2.54. The van der Waals surface area contributed by atoms with E-state index in [4.69, 9.17) is 4.42 Å². The van der Waals surface area contributed by atoms with Crippen molar-refractivity contribution in [2.75, 3.05) is 17.3 Å². The molecule has 0 aliphatic heterocycles. The van der Waals surface area contributed by atoms with Crippen LogP contribution < -0.4 is 5.32 Å². The van der Waals surface area contributed by atoms with Gasteiger partial charge in [-0.25, -0.2) is 18.4 Å². The molecule has 0 unspecified atom stereocenters. The Balaban J connectivity index is 1.55. The number of hydrogen-bond donors (Lipinski definition) is 1. The number of carbonyl (C=O) groups excluding carboxylic acids is 1. The summed E-state index contributed by atoms with van der Waals surface area (Å²) in [6.45, 7) is 0. The zero-order valence-corrected chi connectivity index (χ0v) is 16.4. The number of benzene rings is 2. The normalized spacial score (nSPS) is 11.8. The van der Waals surface area contributed by atoms with Crippen molar-refractivity contribution in [3.63, 3.8) is 0 Å². The zero-order valence-electron chi connectivity index (χ0n) is 14.7. The third-order valence-corrected chi connectivity index (χ3v) is 6.15. The van der Waals surface area contributed by atoms with Crippen LogP contribution in [0, 0.1) is 0 Å². The summed E-state index contributed by atoms with van der Waals surface area (Å²) in [4.78, 5) is 20.9. The average molecular weight is 413 g/mol. The molecule has 0 aliphatic rings. The quantitative estimate of drug-likeness (QED) is 0.394. The van der Waals surface area contributed by atoms with Crippen LogP contribution in [0.25, 0.3) is 22.1 Å². The number of nitrogens with zero attached hydrogens (tertiary/aromatic N) is 2. The second kappa shape index (κ2) is 7.25. The molecule has 2 aromatic heterocycles. The van der Waals surface area contributed by atoms with Crippen molar-refractivity contribution in [3.8, 4) is 0 Å². The van der Waals surface area contributed by atoms with E-state index in [0.29, 0.717) is 21.7 Å². The van der Waals surface area contributed by atoms with E-state index >= 15 is 0 Å². The Bertz CT molecular complexity index is 1300. The molecule has 2 heterocycles. The maximum atomic E-state index is 12.4. The molecule has 1 amide bonds. The minimum atomic E-state index is -3.45. The number of para-hydroxylation sites is 2. The number of fused-ring (bicyclic) bond motifs is 3. The fraction of sp³-hybridized carbons (Fsp3) is 0.105. The monoisotopic (exact) mass is 413 g/mol. The second-order valence-corrected chi connectivity index (χ2v) is 9.01. The topological polar surface area (TPSA) is 102 Å². The van der Waals surface area contributed by atoms with Crippen molar-refractivity contribution in [1.82, 2.24) is 9.97 Å². The molecule has 1 N–H and O–H groups in total. The largest absolute Gasteiger partial charge is 0.451 e. The number of rotatable bonds is 5. The lowest BCUT2D eigenvalue weighted by Gasteiger charge is -2.09. The summed E-state index contributed by atoms with van der Waals surface area (Å²) >= 11 is 1.20. The highest BCUT2D eigenvalue weighted by atomic mass is 32.2. The van der Waals surface area contributed by atoms with E-state index < -0.39 is 9.84 Å². The molecule has 4 aromatic rings. The molecule has 28 heavy (non-hydrogen) atoms. The molecule has 0 aliphatic carbocycles. The Morgan fingerprint density at radius 1 is 1.11 bits per heavy atom. The third-order valence-electron chi connectivity index (χ3n) is 4.03. The van der Waals surface area contributed by atoms with Crippen LogP contribution in [0.4, 0.5) is 5.69 Å². The van der Waals surface area contributed by atoms with E-state index in [0.717, 1.165) is 11.6 Å². The Hall–Kier alpha value is -2.91. The zero-order chi connectivity index (χ0) is 19.7. The first-order valence-corrected chi connectivity index (χ1v) is 11.1. The number of carbonyl (C=O) groups is 1. The molecule has 0 bridgehead atoms. The van der Waals surface area contributed by atoms with Gasteiger partial charge in [-0.05, 0) is 24.3 Å². The van der Waals surface area contributed by atoms with Gasteiger partial charge in [0.05, 0.1) is 16.3 Å². The first-order valence-electron chi connectivity index (χ1n) is 8.27. The number of furan rings is 1. The molecule has 4 rings (SSSR count). The highest BCUT2D eigenvalue weighted by molar-refractivity contribution is 8.00. The molecule has 0 saturated heterocycles. The van der Waals surface area contributed by atoms with E-state index in [2.05, 4.69) is 15.3 Å². The fourth-order valence-electron chi connectivity index (χ4n) is 2.82. The van der Waals surface area contributed by atoms with Crippen molar-refractivity contribution >= 4 is 55.3 Å². The van der Waals surface area contributed by atoms with Gasteiger partial charge in [-0.1, -0.05) is 36.0 Å². The van der Waals surface area contributed by atoms with Gasteiger partial charge in [0, 0.05) is 11.6 Å². The van der Waals surface area contributed by atoms with Crippen LogP contribution in [0.1, 0.15) is 0 Å². The predicted molar refractivity (Wildman–Crippen MR) is 108 cm³/mol. The summed E-state index contributed by atoms with van der Waals surface area (Å²) in [5.74, 6) is -0.301. The highest BCUT2D eigenvalue weighted by Crippen LogP contribution is 2.32. The first kappa shape index (κ1) is 18.5. The van der Waals surface area contributed by atoms with Crippen molar-refractivity contribution in [2.45, 2.75) is 9.92 Å². The molecule has 0 saturated carbocycles. The van der Waals surface area contributed by atoms with Crippen LogP contribution in [0.2, 0.25) is 0 Å². The van der Waals surface area contributed by atoms with Gasteiger partial charge in [-0.3, -0.25) is 4.79 Å². The summed E-state index contributed by atoms with van der Waals surface area (Å²) in [5.41, 5.74) is 2.17. The molecule has 0 atom stereocenters. The Morgan fingerprint density at radius 2 is 1.86 bits per heavy atom. The summed E-state index contributed by atoms with van der Waals surface area (Å²) in [5, 5.41) is 4.08. The number of hydrogen-bond acceptors (Lipinski definition) is 7. The molecule has 9 heteroatoms. The van der Waals surface area contributed by atoms with Gasteiger partial charge in [0.2, 0.25) is 5.91 Å².